The van der Waals surface area contributed by atoms with Crippen molar-refractivity contribution in [1.82, 2.24) is 14.5 Å². The minimum absolute atomic E-state index is 0.232. The number of imidazole rings is 1. The number of carbonyl (C=O) groups excluding carboxylic acids is 1. The average Bonchev–Trinajstić information content (AvgIpc) is 3.11. The highest BCUT2D eigenvalue weighted by molar-refractivity contribution is 5.77. The molecule has 0 saturated carbocycles. The molecule has 1 saturated heterocycles. The minimum atomic E-state index is -0.282. The zero-order valence-electron chi connectivity index (χ0n) is 17.6. The van der Waals surface area contributed by atoms with Crippen LogP contribution in [-0.4, -0.2) is 40.6 Å². The van der Waals surface area contributed by atoms with Gasteiger partial charge >= 0.3 is 0 Å². The summed E-state index contributed by atoms with van der Waals surface area (Å²) in [7, 11) is 1.67. The number of amides is 1. The number of piperidine rings is 1. The van der Waals surface area contributed by atoms with Crippen molar-refractivity contribution in [2.24, 2.45) is 0 Å². The molecule has 1 aliphatic rings. The topological polar surface area (TPSA) is 47.4 Å². The summed E-state index contributed by atoms with van der Waals surface area (Å²) in [6.45, 7) is 3.53. The first-order chi connectivity index (χ1) is 14.6. The molecule has 0 N–H and O–H groups in total. The Morgan fingerprint density at radius 2 is 1.97 bits per heavy atom. The molecule has 0 spiro atoms. The van der Waals surface area contributed by atoms with Gasteiger partial charge in [-0.3, -0.25) is 4.79 Å². The van der Waals surface area contributed by atoms with Gasteiger partial charge in [0.15, 0.2) is 0 Å². The van der Waals surface area contributed by atoms with E-state index in [4.69, 9.17) is 9.72 Å². The van der Waals surface area contributed by atoms with E-state index in [0.717, 1.165) is 55.0 Å². The SMILES string of the molecule is CCCC(=O)N1CCC(n2c(Cc3ccccc3OC)nc3cc(F)ccc32)CC1. The number of aromatic nitrogens is 2. The van der Waals surface area contributed by atoms with Gasteiger partial charge in [-0.15, -0.1) is 0 Å². The summed E-state index contributed by atoms with van der Waals surface area (Å²) in [5.41, 5.74) is 2.66. The zero-order chi connectivity index (χ0) is 21.1. The Morgan fingerprint density at radius 1 is 1.20 bits per heavy atom. The third kappa shape index (κ3) is 4.04. The first kappa shape index (κ1) is 20.4. The van der Waals surface area contributed by atoms with Crippen LogP contribution in [0.1, 0.15) is 50.0 Å². The minimum Gasteiger partial charge on any atom is -0.496 e. The normalized spacial score (nSPS) is 15.0. The van der Waals surface area contributed by atoms with E-state index >= 15 is 0 Å². The van der Waals surface area contributed by atoms with Gasteiger partial charge < -0.3 is 14.2 Å². The highest BCUT2D eigenvalue weighted by Gasteiger charge is 2.27. The molecule has 0 aliphatic carbocycles. The molecule has 1 amide bonds. The number of rotatable bonds is 6. The lowest BCUT2D eigenvalue weighted by Crippen LogP contribution is -2.39. The number of halogens is 1. The number of nitrogens with zero attached hydrogens (tertiary/aromatic N) is 3. The van der Waals surface area contributed by atoms with Crippen molar-refractivity contribution in [1.29, 1.82) is 0 Å². The summed E-state index contributed by atoms with van der Waals surface area (Å²) >= 11 is 0. The maximum Gasteiger partial charge on any atom is 0.222 e. The monoisotopic (exact) mass is 409 g/mol. The summed E-state index contributed by atoms with van der Waals surface area (Å²) < 4.78 is 21.6. The fourth-order valence-electron chi connectivity index (χ4n) is 4.42. The molecular weight excluding hydrogens is 381 g/mol. The Balaban J connectivity index is 1.66. The van der Waals surface area contributed by atoms with E-state index in [1.54, 1.807) is 7.11 Å². The first-order valence-corrected chi connectivity index (χ1v) is 10.7. The van der Waals surface area contributed by atoms with Crippen molar-refractivity contribution in [3.63, 3.8) is 0 Å². The van der Waals surface area contributed by atoms with E-state index < -0.39 is 0 Å². The summed E-state index contributed by atoms with van der Waals surface area (Å²) in [4.78, 5) is 19.0. The predicted octanol–water partition coefficient (Wildman–Crippen LogP) is 4.74. The molecule has 1 aromatic heterocycles. The van der Waals surface area contributed by atoms with Crippen molar-refractivity contribution in [3.8, 4) is 5.75 Å². The van der Waals surface area contributed by atoms with Crippen LogP contribution in [0.25, 0.3) is 11.0 Å². The number of hydrogen-bond acceptors (Lipinski definition) is 3. The highest BCUT2D eigenvalue weighted by atomic mass is 19.1. The number of ether oxygens (including phenoxy) is 1. The largest absolute Gasteiger partial charge is 0.496 e. The van der Waals surface area contributed by atoms with E-state index in [9.17, 15) is 9.18 Å². The van der Waals surface area contributed by atoms with Gasteiger partial charge in [-0.25, -0.2) is 9.37 Å². The first-order valence-electron chi connectivity index (χ1n) is 10.7. The Labute approximate surface area is 176 Å². The van der Waals surface area contributed by atoms with Gasteiger partial charge in [-0.2, -0.15) is 0 Å². The van der Waals surface area contributed by atoms with Crippen LogP contribution >= 0.6 is 0 Å². The number of methoxy groups -OCH3 is 1. The Morgan fingerprint density at radius 3 is 2.70 bits per heavy atom. The molecule has 1 aliphatic heterocycles. The molecule has 30 heavy (non-hydrogen) atoms. The zero-order valence-corrected chi connectivity index (χ0v) is 17.6. The van der Waals surface area contributed by atoms with Crippen molar-refractivity contribution in [2.75, 3.05) is 20.2 Å². The number of carbonyl (C=O) groups is 1. The lowest BCUT2D eigenvalue weighted by molar-refractivity contribution is -0.132. The van der Waals surface area contributed by atoms with Gasteiger partial charge in [0.1, 0.15) is 17.4 Å². The third-order valence-electron chi connectivity index (χ3n) is 5.91. The summed E-state index contributed by atoms with van der Waals surface area (Å²) in [5.74, 6) is 1.68. The number of hydrogen-bond donors (Lipinski definition) is 0. The van der Waals surface area contributed by atoms with Crippen LogP contribution in [0.2, 0.25) is 0 Å². The second kappa shape index (κ2) is 8.86. The molecule has 6 heteroatoms. The van der Waals surface area contributed by atoms with Gasteiger partial charge in [0.2, 0.25) is 5.91 Å². The van der Waals surface area contributed by atoms with Gasteiger partial charge in [-0.1, -0.05) is 25.1 Å². The number of likely N-dealkylation sites (tertiary alicyclic amines) is 1. The second-order valence-electron chi connectivity index (χ2n) is 7.88. The van der Waals surface area contributed by atoms with Gasteiger partial charge in [0.05, 0.1) is 18.1 Å². The van der Waals surface area contributed by atoms with E-state index in [2.05, 4.69) is 4.57 Å². The van der Waals surface area contributed by atoms with Crippen molar-refractivity contribution >= 4 is 16.9 Å². The van der Waals surface area contributed by atoms with Crippen molar-refractivity contribution in [3.05, 3.63) is 59.7 Å². The number of fused-ring (bicyclic) bond motifs is 1. The van der Waals surface area contributed by atoms with Crippen LogP contribution in [0.4, 0.5) is 4.39 Å². The lowest BCUT2D eigenvalue weighted by Gasteiger charge is -2.33. The fourth-order valence-corrected chi connectivity index (χ4v) is 4.42. The molecular formula is C24H28FN3O2. The molecule has 1 fully saturated rings. The Kier molecular flexibility index (Phi) is 6.02. The maximum absolute atomic E-state index is 13.9. The summed E-state index contributed by atoms with van der Waals surface area (Å²) in [6.07, 6.45) is 3.83. The van der Waals surface area contributed by atoms with E-state index in [1.807, 2.05) is 42.2 Å². The standard InChI is InChI=1S/C24H28FN3O2/c1-3-6-24(29)27-13-11-19(12-14-27)28-21-10-9-18(25)16-20(21)26-23(28)15-17-7-4-5-8-22(17)30-2/h4-5,7-10,16,19H,3,6,11-15H2,1-2H3. The second-order valence-corrected chi connectivity index (χ2v) is 7.88. The van der Waals surface area contributed by atoms with E-state index in [1.165, 1.54) is 12.1 Å². The molecule has 2 aromatic carbocycles. The Bertz CT molecular complexity index is 1040. The molecule has 5 nitrogen and oxygen atoms in total. The van der Waals surface area contributed by atoms with Crippen molar-refractivity contribution in [2.45, 2.75) is 45.1 Å². The summed E-state index contributed by atoms with van der Waals surface area (Å²) in [5, 5.41) is 0. The van der Waals surface area contributed by atoms with Crippen LogP contribution in [0, 0.1) is 5.82 Å². The van der Waals surface area contributed by atoms with Crippen molar-refractivity contribution < 1.29 is 13.9 Å². The third-order valence-corrected chi connectivity index (χ3v) is 5.91. The van der Waals surface area contributed by atoms with Crippen LogP contribution in [-0.2, 0) is 11.2 Å². The molecule has 3 aromatic rings. The average molecular weight is 410 g/mol. The Hall–Kier alpha value is -2.89. The van der Waals surface area contributed by atoms with Crippen LogP contribution in [0.3, 0.4) is 0 Å². The van der Waals surface area contributed by atoms with Gasteiger partial charge in [-0.05, 0) is 37.5 Å². The summed E-state index contributed by atoms with van der Waals surface area (Å²) in [6, 6.07) is 13.0. The van der Waals surface area contributed by atoms with Crippen LogP contribution in [0.15, 0.2) is 42.5 Å². The fraction of sp³-hybridized carbons (Fsp3) is 0.417. The smallest absolute Gasteiger partial charge is 0.222 e. The molecule has 0 radical (unpaired) electrons. The lowest BCUT2D eigenvalue weighted by atomic mass is 10.0. The molecule has 2 heterocycles. The van der Waals surface area contributed by atoms with Gasteiger partial charge in [0.25, 0.3) is 0 Å². The molecule has 0 atom stereocenters. The molecule has 4 rings (SSSR count). The van der Waals surface area contributed by atoms with E-state index in [-0.39, 0.29) is 17.8 Å². The number of para-hydroxylation sites is 1. The maximum atomic E-state index is 13.9. The number of benzene rings is 2. The van der Waals surface area contributed by atoms with Gasteiger partial charge in [0, 0.05) is 43.6 Å². The highest BCUT2D eigenvalue weighted by Crippen LogP contribution is 2.31. The van der Waals surface area contributed by atoms with Crippen LogP contribution < -0.4 is 4.74 Å². The molecule has 158 valence electrons. The van der Waals surface area contributed by atoms with E-state index in [0.29, 0.717) is 18.4 Å². The molecule has 0 unspecified atom stereocenters. The van der Waals surface area contributed by atoms with Crippen LogP contribution in [0.5, 0.6) is 5.75 Å². The predicted molar refractivity (Wildman–Crippen MR) is 115 cm³/mol. The molecule has 0 bridgehead atoms. The quantitative estimate of drug-likeness (QED) is 0.591.